The number of rotatable bonds is 13. The molecule has 4 aromatic rings. The van der Waals surface area contributed by atoms with E-state index in [-0.39, 0.29) is 31.0 Å². The quantitative estimate of drug-likeness (QED) is 0.107. The van der Waals surface area contributed by atoms with Crippen LogP contribution in [0.3, 0.4) is 0 Å². The molecule has 1 amide bonds. The molecule has 0 aromatic heterocycles. The number of halogens is 4. The number of hydrogen-bond donors (Lipinski definition) is 3. The molecule has 1 aliphatic heterocycles. The molecule has 12 heteroatoms. The van der Waals surface area contributed by atoms with Gasteiger partial charge in [0.1, 0.15) is 11.5 Å². The van der Waals surface area contributed by atoms with E-state index in [1.165, 1.54) is 25.3 Å². The van der Waals surface area contributed by atoms with Gasteiger partial charge in [-0.2, -0.15) is 13.2 Å². The second kappa shape index (κ2) is 15.0. The van der Waals surface area contributed by atoms with Crippen molar-refractivity contribution >= 4 is 27.7 Å². The fraction of sp³-hybridized carbons (Fsp3) is 0.257. The highest BCUT2D eigenvalue weighted by Gasteiger charge is 2.53. The Morgan fingerprint density at radius 3 is 2.45 bits per heavy atom. The van der Waals surface area contributed by atoms with Gasteiger partial charge < -0.3 is 19.3 Å². The third-order valence-corrected chi connectivity index (χ3v) is 8.15. The Labute approximate surface area is 278 Å². The summed E-state index contributed by atoms with van der Waals surface area (Å²) in [4.78, 5) is 19.3. The predicted molar refractivity (Wildman–Crippen MR) is 174 cm³/mol. The number of aliphatic hydroxyl groups is 1. The van der Waals surface area contributed by atoms with Crippen LogP contribution >= 0.6 is 15.9 Å². The lowest BCUT2D eigenvalue weighted by Crippen LogP contribution is -2.53. The first kappa shape index (κ1) is 34.0. The number of alkyl halides is 3. The number of hydrazine groups is 1. The number of aliphatic hydroxyl groups excluding tert-OH is 1. The summed E-state index contributed by atoms with van der Waals surface area (Å²) in [6, 6.07) is 26.7. The minimum atomic E-state index is -4.56. The van der Waals surface area contributed by atoms with Crippen LogP contribution < -0.4 is 20.3 Å². The molecule has 246 valence electrons. The van der Waals surface area contributed by atoms with Crippen molar-refractivity contribution in [1.29, 1.82) is 0 Å². The van der Waals surface area contributed by atoms with Crippen LogP contribution in [0.25, 0.3) is 0 Å². The van der Waals surface area contributed by atoms with Crippen molar-refractivity contribution in [3.05, 3.63) is 129 Å². The monoisotopic (exact) mass is 711 g/mol. The number of nitrogens with one attached hydrogen (secondary N) is 2. The molecule has 4 aromatic carbocycles. The van der Waals surface area contributed by atoms with E-state index >= 15 is 0 Å². The van der Waals surface area contributed by atoms with Crippen LogP contribution in [-0.4, -0.2) is 42.8 Å². The summed E-state index contributed by atoms with van der Waals surface area (Å²) >= 11 is 3.45. The topological polar surface area (TPSA) is 101 Å². The lowest BCUT2D eigenvalue weighted by Gasteiger charge is -2.31. The second-order valence-corrected chi connectivity index (χ2v) is 11.7. The third kappa shape index (κ3) is 8.13. The maximum atomic E-state index is 14.4. The van der Waals surface area contributed by atoms with Crippen LogP contribution in [-0.2, 0) is 28.7 Å². The van der Waals surface area contributed by atoms with Crippen LogP contribution in [0.1, 0.15) is 40.3 Å². The number of nitrogens with zero attached hydrogens (tertiary/aromatic N) is 1. The fourth-order valence-electron chi connectivity index (χ4n) is 5.28. The van der Waals surface area contributed by atoms with Gasteiger partial charge in [0.2, 0.25) is 5.90 Å². The van der Waals surface area contributed by atoms with Gasteiger partial charge in [-0.15, -0.1) is 0 Å². The molecule has 8 nitrogen and oxygen atoms in total. The first-order valence-corrected chi connectivity index (χ1v) is 15.6. The van der Waals surface area contributed by atoms with Crippen molar-refractivity contribution in [3.63, 3.8) is 0 Å². The molecule has 0 saturated heterocycles. The number of ether oxygens (including phenoxy) is 3. The maximum Gasteiger partial charge on any atom is 0.416 e. The molecule has 0 radical (unpaired) electrons. The normalized spacial score (nSPS) is 17.5. The van der Waals surface area contributed by atoms with Gasteiger partial charge in [-0.25, -0.2) is 10.4 Å². The Bertz CT molecular complexity index is 1700. The van der Waals surface area contributed by atoms with Crippen LogP contribution in [0, 0.1) is 0 Å². The van der Waals surface area contributed by atoms with E-state index in [1.807, 2.05) is 24.3 Å². The lowest BCUT2D eigenvalue weighted by molar-refractivity contribution is -0.138. The predicted octanol–water partition coefficient (Wildman–Crippen LogP) is 6.56. The molecule has 0 bridgehead atoms. The number of aliphatic imine (C=N–C) groups is 1. The van der Waals surface area contributed by atoms with Gasteiger partial charge in [0.05, 0.1) is 19.3 Å². The number of benzene rings is 4. The van der Waals surface area contributed by atoms with Gasteiger partial charge in [0.25, 0.3) is 5.91 Å². The summed E-state index contributed by atoms with van der Waals surface area (Å²) in [5.74, 6) is 0.738. The van der Waals surface area contributed by atoms with Gasteiger partial charge in [-0.1, -0.05) is 58.4 Å². The van der Waals surface area contributed by atoms with E-state index in [4.69, 9.17) is 24.3 Å². The minimum absolute atomic E-state index is 0.0145. The molecule has 1 heterocycles. The highest BCUT2D eigenvalue weighted by Crippen LogP contribution is 2.43. The largest absolute Gasteiger partial charge is 0.497 e. The molecule has 0 aliphatic carbocycles. The summed E-state index contributed by atoms with van der Waals surface area (Å²) in [6.07, 6.45) is -4.91. The van der Waals surface area contributed by atoms with Crippen molar-refractivity contribution in [2.24, 2.45) is 4.99 Å². The van der Waals surface area contributed by atoms with E-state index < -0.39 is 29.3 Å². The summed E-state index contributed by atoms with van der Waals surface area (Å²) < 4.78 is 59.4. The standard InChI is InChI=1S/C35H33BrF3N3O5/c1-45-29-8-4-7-25(20-29)31-34(21-23-10-14-27(36)15-11-23,33(44)42-40-22-26-6-2-3-9-30(26)35(37,38)39)41-32(47-31)24-12-16-28(17-13-24)46-19-5-18-43/h2-4,6-17,20,31,40,43H,5,18-19,21-22H2,1H3,(H,42,44)/t31-,34-/m0/s1. The Morgan fingerprint density at radius 1 is 1.00 bits per heavy atom. The highest BCUT2D eigenvalue weighted by molar-refractivity contribution is 9.10. The van der Waals surface area contributed by atoms with Crippen LogP contribution in [0.5, 0.6) is 11.5 Å². The SMILES string of the molecule is COc1cccc([C@@H]2OC(c3ccc(OCCCO)cc3)=N[C@]2(Cc2ccc(Br)cc2)C(=O)NNCc2ccccc2C(F)(F)F)c1. The molecule has 0 fully saturated rings. The van der Waals surface area contributed by atoms with Gasteiger partial charge in [0.15, 0.2) is 11.6 Å². The maximum absolute atomic E-state index is 14.4. The Morgan fingerprint density at radius 2 is 1.74 bits per heavy atom. The van der Waals surface area contributed by atoms with E-state index in [9.17, 15) is 18.0 Å². The van der Waals surface area contributed by atoms with Crippen molar-refractivity contribution in [3.8, 4) is 11.5 Å². The summed E-state index contributed by atoms with van der Waals surface area (Å²) in [5, 5.41) is 9.05. The number of amides is 1. The van der Waals surface area contributed by atoms with Crippen molar-refractivity contribution in [2.75, 3.05) is 20.3 Å². The highest BCUT2D eigenvalue weighted by atomic mass is 79.9. The molecular weight excluding hydrogens is 679 g/mol. The molecule has 0 spiro atoms. The van der Waals surface area contributed by atoms with Crippen molar-refractivity contribution < 1.29 is 37.3 Å². The molecule has 1 aliphatic rings. The van der Waals surface area contributed by atoms with Crippen LogP contribution in [0.2, 0.25) is 0 Å². The average Bonchev–Trinajstić information content (AvgIpc) is 3.46. The average molecular weight is 713 g/mol. The summed E-state index contributed by atoms with van der Waals surface area (Å²) in [7, 11) is 1.53. The van der Waals surface area contributed by atoms with Crippen LogP contribution in [0.4, 0.5) is 13.2 Å². The lowest BCUT2D eigenvalue weighted by atomic mass is 9.82. The molecular formula is C35H33BrF3N3O5. The van der Waals surface area contributed by atoms with Gasteiger partial charge in [-0.3, -0.25) is 10.2 Å². The van der Waals surface area contributed by atoms with E-state index in [2.05, 4.69) is 26.8 Å². The van der Waals surface area contributed by atoms with Gasteiger partial charge in [0, 0.05) is 36.0 Å². The molecule has 5 rings (SSSR count). The third-order valence-electron chi connectivity index (χ3n) is 7.62. The zero-order chi connectivity index (χ0) is 33.4. The Balaban J connectivity index is 1.53. The first-order chi connectivity index (χ1) is 22.6. The number of methoxy groups -OCH3 is 1. The fourth-order valence-corrected chi connectivity index (χ4v) is 5.54. The number of hydrogen-bond acceptors (Lipinski definition) is 7. The molecule has 3 N–H and O–H groups in total. The number of carbonyl (C=O) groups is 1. The molecule has 0 unspecified atom stereocenters. The first-order valence-electron chi connectivity index (χ1n) is 14.8. The van der Waals surface area contributed by atoms with Gasteiger partial charge in [-0.05, 0) is 71.3 Å². The van der Waals surface area contributed by atoms with E-state index in [1.54, 1.807) is 48.5 Å². The zero-order valence-corrected chi connectivity index (χ0v) is 27.0. The van der Waals surface area contributed by atoms with Crippen LogP contribution in [0.15, 0.2) is 107 Å². The summed E-state index contributed by atoms with van der Waals surface area (Å²) in [6.45, 7) is 0.0809. The zero-order valence-electron chi connectivity index (χ0n) is 25.4. The van der Waals surface area contributed by atoms with Crippen molar-refractivity contribution in [1.82, 2.24) is 10.9 Å². The molecule has 0 saturated carbocycles. The molecule has 2 atom stereocenters. The Hall–Kier alpha value is -4.39. The van der Waals surface area contributed by atoms with E-state index in [0.29, 0.717) is 35.7 Å². The summed E-state index contributed by atoms with van der Waals surface area (Å²) in [5.41, 5.74) is 4.90. The van der Waals surface area contributed by atoms with E-state index in [0.717, 1.165) is 16.1 Å². The Kier molecular flexibility index (Phi) is 10.8. The van der Waals surface area contributed by atoms with Gasteiger partial charge >= 0.3 is 6.18 Å². The molecule has 47 heavy (non-hydrogen) atoms. The number of carbonyl (C=O) groups excluding carboxylic acids is 1. The minimum Gasteiger partial charge on any atom is -0.497 e. The van der Waals surface area contributed by atoms with Crippen molar-refractivity contribution in [2.45, 2.75) is 37.2 Å². The second-order valence-electron chi connectivity index (χ2n) is 10.8. The smallest absolute Gasteiger partial charge is 0.416 e.